The van der Waals surface area contributed by atoms with E-state index in [0.29, 0.717) is 0 Å². The van der Waals surface area contributed by atoms with Crippen LogP contribution in [-0.4, -0.2) is 40.5 Å². The summed E-state index contributed by atoms with van der Waals surface area (Å²) in [5, 5.41) is 3.70. The first-order valence-corrected chi connectivity index (χ1v) is 6.03. The van der Waals surface area contributed by atoms with Crippen molar-refractivity contribution in [3.05, 3.63) is 17.7 Å². The van der Waals surface area contributed by atoms with Gasteiger partial charge in [-0.25, -0.2) is 4.98 Å². The molecular formula is C12H20N4. The van der Waals surface area contributed by atoms with Crippen LogP contribution >= 0.6 is 0 Å². The Morgan fingerprint density at radius 1 is 1.44 bits per heavy atom. The van der Waals surface area contributed by atoms with E-state index in [1.54, 1.807) is 0 Å². The summed E-state index contributed by atoms with van der Waals surface area (Å²) in [6, 6.07) is 0. The second kappa shape index (κ2) is 3.08. The van der Waals surface area contributed by atoms with E-state index < -0.39 is 0 Å². The minimum absolute atomic E-state index is 0.0752. The zero-order valence-electron chi connectivity index (χ0n) is 10.3. The fraction of sp³-hybridized carbons (Fsp3) is 0.750. The molecule has 16 heavy (non-hydrogen) atoms. The van der Waals surface area contributed by atoms with Gasteiger partial charge in [0, 0.05) is 30.7 Å². The SMILES string of the molecule is CN1CC2(CC1(C)C)NCCc1[nH]cnc12. The van der Waals surface area contributed by atoms with Crippen molar-refractivity contribution in [2.75, 3.05) is 20.1 Å². The lowest BCUT2D eigenvalue weighted by molar-refractivity contribution is 0.217. The molecule has 4 nitrogen and oxygen atoms in total. The predicted molar refractivity (Wildman–Crippen MR) is 63.3 cm³/mol. The van der Waals surface area contributed by atoms with Gasteiger partial charge < -0.3 is 10.3 Å². The molecule has 0 saturated carbocycles. The smallest absolute Gasteiger partial charge is 0.0926 e. The van der Waals surface area contributed by atoms with Crippen molar-refractivity contribution in [2.45, 2.75) is 37.8 Å². The fourth-order valence-corrected chi connectivity index (χ4v) is 3.26. The third-order valence-corrected chi connectivity index (χ3v) is 4.28. The van der Waals surface area contributed by atoms with Crippen molar-refractivity contribution < 1.29 is 0 Å². The molecule has 88 valence electrons. The number of likely N-dealkylation sites (tertiary alicyclic amines) is 1. The Morgan fingerprint density at radius 2 is 2.25 bits per heavy atom. The van der Waals surface area contributed by atoms with Crippen LogP contribution in [0.4, 0.5) is 0 Å². The lowest BCUT2D eigenvalue weighted by Gasteiger charge is -2.34. The van der Waals surface area contributed by atoms with E-state index >= 15 is 0 Å². The summed E-state index contributed by atoms with van der Waals surface area (Å²) in [6.45, 7) is 6.73. The minimum atomic E-state index is 0.0752. The molecule has 1 spiro atoms. The van der Waals surface area contributed by atoms with Crippen molar-refractivity contribution in [1.82, 2.24) is 20.2 Å². The highest BCUT2D eigenvalue weighted by Crippen LogP contribution is 2.42. The molecule has 0 amide bonds. The van der Waals surface area contributed by atoms with Crippen LogP contribution in [0.25, 0.3) is 0 Å². The summed E-state index contributed by atoms with van der Waals surface area (Å²) in [4.78, 5) is 10.3. The van der Waals surface area contributed by atoms with Gasteiger partial charge in [-0.2, -0.15) is 0 Å². The number of imidazole rings is 1. The summed E-state index contributed by atoms with van der Waals surface area (Å²) in [5.41, 5.74) is 2.90. The van der Waals surface area contributed by atoms with E-state index in [-0.39, 0.29) is 11.1 Å². The molecule has 0 bridgehead atoms. The summed E-state index contributed by atoms with van der Waals surface area (Å²) in [7, 11) is 2.21. The molecule has 0 radical (unpaired) electrons. The predicted octanol–water partition coefficient (Wildman–Crippen LogP) is 0.865. The Bertz CT molecular complexity index is 409. The highest BCUT2D eigenvalue weighted by atomic mass is 15.3. The summed E-state index contributed by atoms with van der Waals surface area (Å²) in [6.07, 6.45) is 4.04. The Labute approximate surface area is 96.4 Å². The van der Waals surface area contributed by atoms with Gasteiger partial charge in [-0.15, -0.1) is 0 Å². The Balaban J connectivity index is 2.04. The molecule has 2 N–H and O–H groups in total. The number of hydrogen-bond acceptors (Lipinski definition) is 3. The van der Waals surface area contributed by atoms with E-state index in [1.807, 2.05) is 6.33 Å². The molecule has 1 fully saturated rings. The van der Waals surface area contributed by atoms with Gasteiger partial charge in [0.25, 0.3) is 0 Å². The molecular weight excluding hydrogens is 200 g/mol. The molecule has 1 atom stereocenters. The van der Waals surface area contributed by atoms with Crippen LogP contribution in [0.5, 0.6) is 0 Å². The molecule has 1 saturated heterocycles. The van der Waals surface area contributed by atoms with Gasteiger partial charge >= 0.3 is 0 Å². The number of nitrogens with zero attached hydrogens (tertiary/aromatic N) is 2. The number of rotatable bonds is 0. The number of hydrogen-bond donors (Lipinski definition) is 2. The monoisotopic (exact) mass is 220 g/mol. The highest BCUT2D eigenvalue weighted by Gasteiger charge is 2.50. The lowest BCUT2D eigenvalue weighted by Crippen LogP contribution is -2.49. The van der Waals surface area contributed by atoms with Gasteiger partial charge in [-0.05, 0) is 27.3 Å². The standard InChI is InChI=1S/C12H20N4/c1-11(2)6-12(7-16(11)3)10-9(4-5-15-12)13-8-14-10/h8,15H,4-7H2,1-3H3,(H,13,14). The van der Waals surface area contributed by atoms with Gasteiger partial charge in [0.2, 0.25) is 0 Å². The normalized spacial score (nSPS) is 33.2. The lowest BCUT2D eigenvalue weighted by atomic mass is 9.84. The second-order valence-electron chi connectivity index (χ2n) is 5.83. The van der Waals surface area contributed by atoms with E-state index in [9.17, 15) is 0 Å². The van der Waals surface area contributed by atoms with Crippen molar-refractivity contribution >= 4 is 0 Å². The van der Waals surface area contributed by atoms with Gasteiger partial charge in [0.15, 0.2) is 0 Å². The zero-order chi connectivity index (χ0) is 11.4. The maximum atomic E-state index is 4.55. The molecule has 4 heteroatoms. The number of fused-ring (bicyclic) bond motifs is 2. The van der Waals surface area contributed by atoms with E-state index in [2.05, 4.69) is 41.1 Å². The quantitative estimate of drug-likeness (QED) is 0.682. The highest BCUT2D eigenvalue weighted by molar-refractivity contribution is 5.29. The number of aromatic amines is 1. The molecule has 2 aliphatic rings. The maximum absolute atomic E-state index is 4.55. The third kappa shape index (κ3) is 1.26. The van der Waals surface area contributed by atoms with E-state index in [0.717, 1.165) is 25.9 Å². The van der Waals surface area contributed by atoms with Crippen molar-refractivity contribution in [2.24, 2.45) is 0 Å². The Hall–Kier alpha value is -0.870. The average molecular weight is 220 g/mol. The van der Waals surface area contributed by atoms with Crippen LogP contribution in [0.15, 0.2) is 6.33 Å². The fourth-order valence-electron chi connectivity index (χ4n) is 3.26. The first-order valence-electron chi connectivity index (χ1n) is 6.03. The molecule has 3 rings (SSSR count). The zero-order valence-corrected chi connectivity index (χ0v) is 10.3. The summed E-state index contributed by atoms with van der Waals surface area (Å²) >= 11 is 0. The van der Waals surface area contributed by atoms with Crippen molar-refractivity contribution in [1.29, 1.82) is 0 Å². The molecule has 1 aromatic rings. The maximum Gasteiger partial charge on any atom is 0.0926 e. The number of H-pyrrole nitrogens is 1. The van der Waals surface area contributed by atoms with Crippen LogP contribution in [0.1, 0.15) is 31.7 Å². The van der Waals surface area contributed by atoms with Gasteiger partial charge in [0.1, 0.15) is 0 Å². The largest absolute Gasteiger partial charge is 0.348 e. The van der Waals surface area contributed by atoms with Gasteiger partial charge in [0.05, 0.1) is 17.6 Å². The second-order valence-corrected chi connectivity index (χ2v) is 5.83. The Morgan fingerprint density at radius 3 is 2.94 bits per heavy atom. The molecule has 1 aromatic heterocycles. The first kappa shape index (κ1) is 10.3. The van der Waals surface area contributed by atoms with E-state index in [1.165, 1.54) is 11.4 Å². The molecule has 0 aromatic carbocycles. The van der Waals surface area contributed by atoms with Crippen LogP contribution in [-0.2, 0) is 12.0 Å². The summed E-state index contributed by atoms with van der Waals surface area (Å²) in [5.74, 6) is 0. The minimum Gasteiger partial charge on any atom is -0.348 e. The Kier molecular flexibility index (Phi) is 1.98. The molecule has 3 heterocycles. The number of likely N-dealkylation sites (N-methyl/N-ethyl adjacent to an activating group) is 1. The van der Waals surface area contributed by atoms with Crippen molar-refractivity contribution in [3.63, 3.8) is 0 Å². The number of aromatic nitrogens is 2. The van der Waals surface area contributed by atoms with E-state index in [4.69, 9.17) is 0 Å². The van der Waals surface area contributed by atoms with Gasteiger partial charge in [-0.3, -0.25) is 4.90 Å². The van der Waals surface area contributed by atoms with Crippen molar-refractivity contribution in [3.8, 4) is 0 Å². The van der Waals surface area contributed by atoms with Gasteiger partial charge in [-0.1, -0.05) is 0 Å². The molecule has 1 unspecified atom stereocenters. The molecule has 2 aliphatic heterocycles. The average Bonchev–Trinajstić information content (AvgIpc) is 2.73. The third-order valence-electron chi connectivity index (χ3n) is 4.28. The first-order chi connectivity index (χ1) is 7.54. The number of nitrogens with one attached hydrogen (secondary N) is 2. The topological polar surface area (TPSA) is 44.0 Å². The van der Waals surface area contributed by atoms with Crippen LogP contribution in [0.3, 0.4) is 0 Å². The molecule has 0 aliphatic carbocycles. The van der Waals surface area contributed by atoms with Crippen LogP contribution in [0, 0.1) is 0 Å². The summed E-state index contributed by atoms with van der Waals surface area (Å²) < 4.78 is 0. The van der Waals surface area contributed by atoms with Crippen LogP contribution < -0.4 is 5.32 Å². The van der Waals surface area contributed by atoms with Crippen LogP contribution in [0.2, 0.25) is 0 Å².